The number of aromatic nitrogens is 4. The lowest BCUT2D eigenvalue weighted by molar-refractivity contribution is -0.107. The van der Waals surface area contributed by atoms with Crippen LogP contribution in [0.5, 0.6) is 5.75 Å². The van der Waals surface area contributed by atoms with Crippen LogP contribution in [0.15, 0.2) is 84.0 Å². The van der Waals surface area contributed by atoms with Crippen LogP contribution in [0.1, 0.15) is 49.1 Å². The van der Waals surface area contributed by atoms with E-state index in [0.717, 1.165) is 78.5 Å². The van der Waals surface area contributed by atoms with Crippen molar-refractivity contribution in [3.63, 3.8) is 0 Å². The normalized spacial score (nSPS) is 16.4. The van der Waals surface area contributed by atoms with Gasteiger partial charge in [-0.1, -0.05) is 42.5 Å². The minimum atomic E-state index is -2.93. The van der Waals surface area contributed by atoms with Gasteiger partial charge in [0.1, 0.15) is 17.3 Å². The zero-order chi connectivity index (χ0) is 39.9. The summed E-state index contributed by atoms with van der Waals surface area (Å²) in [7, 11) is 2.14. The summed E-state index contributed by atoms with van der Waals surface area (Å²) >= 11 is 0. The molecule has 13 nitrogen and oxygen atoms in total. The van der Waals surface area contributed by atoms with Gasteiger partial charge in [0.25, 0.3) is 0 Å². The maximum Gasteiger partial charge on any atom is 0.387 e. The van der Waals surface area contributed by atoms with Crippen molar-refractivity contribution >= 4 is 46.0 Å². The molecule has 2 amide bonds. The van der Waals surface area contributed by atoms with Crippen molar-refractivity contribution in [1.82, 2.24) is 34.3 Å². The van der Waals surface area contributed by atoms with Gasteiger partial charge < -0.3 is 20.2 Å². The van der Waals surface area contributed by atoms with Crippen LogP contribution in [-0.2, 0) is 29.4 Å². The second kappa shape index (κ2) is 18.3. The molecule has 1 unspecified atom stereocenters. The number of amides is 2. The van der Waals surface area contributed by atoms with Crippen LogP contribution in [0.25, 0.3) is 22.0 Å². The van der Waals surface area contributed by atoms with E-state index < -0.39 is 17.6 Å². The maximum atomic E-state index is 13.6. The number of rotatable bonds is 14. The second-order valence-electron chi connectivity index (χ2n) is 14.4. The number of halogens is 2. The number of urea groups is 1. The van der Waals surface area contributed by atoms with E-state index in [4.69, 9.17) is 0 Å². The Kier molecular flexibility index (Phi) is 12.8. The molecule has 0 bridgehead atoms. The quantitative estimate of drug-likeness (QED) is 0.123. The number of hydrogen-bond acceptors (Lipinski definition) is 9. The van der Waals surface area contributed by atoms with E-state index in [-0.39, 0.29) is 30.8 Å². The summed E-state index contributed by atoms with van der Waals surface area (Å²) in [5, 5.41) is 11.4. The van der Waals surface area contributed by atoms with Gasteiger partial charge in [0.15, 0.2) is 11.6 Å². The Morgan fingerprint density at radius 2 is 1.72 bits per heavy atom. The third kappa shape index (κ3) is 9.63. The maximum absolute atomic E-state index is 13.6. The number of piperidine rings is 2. The smallest absolute Gasteiger partial charge is 0.387 e. The first-order valence-electron chi connectivity index (χ1n) is 19.2. The zero-order valence-corrected chi connectivity index (χ0v) is 32.8. The van der Waals surface area contributed by atoms with E-state index in [2.05, 4.69) is 71.7 Å². The van der Waals surface area contributed by atoms with E-state index >= 15 is 0 Å². The van der Waals surface area contributed by atoms with Crippen molar-refractivity contribution in [2.24, 2.45) is 7.05 Å². The molecule has 2 fully saturated rings. The number of carbonyl (C=O) groups excluding carboxylic acids is 2. The Labute approximate surface area is 333 Å². The van der Waals surface area contributed by atoms with Gasteiger partial charge in [0.2, 0.25) is 5.95 Å². The number of nitrogens with one attached hydrogen (secondary N) is 2. The van der Waals surface area contributed by atoms with Gasteiger partial charge in [-0.15, -0.1) is 0 Å². The average molecular weight is 800 g/mol. The lowest BCUT2D eigenvalue weighted by atomic mass is 9.88. The highest BCUT2D eigenvalue weighted by Crippen LogP contribution is 2.34. The highest BCUT2D eigenvalue weighted by Gasteiger charge is 2.26. The minimum Gasteiger partial charge on any atom is -0.432 e. The van der Waals surface area contributed by atoms with Crippen molar-refractivity contribution in [1.29, 1.82) is 0 Å². The van der Waals surface area contributed by atoms with E-state index in [1.807, 2.05) is 46.4 Å². The molecule has 57 heavy (non-hydrogen) atoms. The number of ether oxygens (including phenoxy) is 1. The summed E-state index contributed by atoms with van der Waals surface area (Å²) in [5.41, 5.74) is 5.56. The Morgan fingerprint density at radius 3 is 2.40 bits per heavy atom. The Balaban J connectivity index is 0.902. The standard InChI is InChI=1S/C41H47F2N9O4S/c1-44-41(54)52(17-4-22-53)38-36-12-11-32(24-37(36)49(2)48-38)30-13-18-50(19-14-30)27-28-7-9-29(10-8-28)31-5-3-6-35(23-31)57(55)51-20-15-33(16-21-51)47-40-45-25-34(26-46-40)56-39(42)43/h3,5-12,22-26,30,33,39H,4,13-21,27H2,1-2H3,(H,44,54)(H,45,46,47). The van der Waals surface area contributed by atoms with Crippen molar-refractivity contribution in [2.45, 2.75) is 62.1 Å². The third-order valence-electron chi connectivity index (χ3n) is 10.7. The van der Waals surface area contributed by atoms with Crippen LogP contribution < -0.4 is 20.3 Å². The number of aryl methyl sites for hydroxylation is 1. The summed E-state index contributed by atoms with van der Waals surface area (Å²) in [6.07, 6.45) is 7.02. The number of aldehydes is 1. The molecule has 0 radical (unpaired) electrons. The van der Waals surface area contributed by atoms with E-state index in [0.29, 0.717) is 30.8 Å². The number of fused-ring (bicyclic) bond motifs is 1. The largest absolute Gasteiger partial charge is 0.432 e. The van der Waals surface area contributed by atoms with Gasteiger partial charge in [-0.05, 0) is 91.2 Å². The van der Waals surface area contributed by atoms with Gasteiger partial charge in [0, 0.05) is 58.1 Å². The van der Waals surface area contributed by atoms with Crippen LogP contribution in [0.4, 0.5) is 25.3 Å². The van der Waals surface area contributed by atoms with Gasteiger partial charge in [-0.25, -0.2) is 23.3 Å². The van der Waals surface area contributed by atoms with Crippen LogP contribution in [0, 0.1) is 0 Å². The fraction of sp³-hybridized carbons (Fsp3) is 0.390. The first-order chi connectivity index (χ1) is 27.7. The number of nitrogens with zero attached hydrogens (tertiary/aromatic N) is 7. The third-order valence-corrected chi connectivity index (χ3v) is 12.2. The molecule has 5 aromatic rings. The highest BCUT2D eigenvalue weighted by atomic mass is 32.2. The molecule has 0 saturated carbocycles. The molecule has 4 heterocycles. The van der Waals surface area contributed by atoms with Crippen LogP contribution in [0.3, 0.4) is 0 Å². The molecule has 3 aromatic carbocycles. The molecule has 2 aliphatic heterocycles. The Bertz CT molecular complexity index is 2170. The lowest BCUT2D eigenvalue weighted by Gasteiger charge is -2.32. The van der Waals surface area contributed by atoms with Gasteiger partial charge in [-0.2, -0.15) is 13.9 Å². The molecular weight excluding hydrogens is 753 g/mol. The molecule has 16 heteroatoms. The van der Waals surface area contributed by atoms with E-state index in [1.54, 1.807) is 7.05 Å². The number of likely N-dealkylation sites (tertiary alicyclic amines) is 1. The summed E-state index contributed by atoms with van der Waals surface area (Å²) in [6.45, 7) is 1.42. The summed E-state index contributed by atoms with van der Waals surface area (Å²) in [6, 6.07) is 22.7. The summed E-state index contributed by atoms with van der Waals surface area (Å²) < 4.78 is 46.5. The average Bonchev–Trinajstić information content (AvgIpc) is 3.56. The Morgan fingerprint density at radius 1 is 0.982 bits per heavy atom. The molecule has 2 saturated heterocycles. The Hall–Kier alpha value is -5.32. The lowest BCUT2D eigenvalue weighted by Crippen LogP contribution is -2.40. The van der Waals surface area contributed by atoms with Crippen LogP contribution in [-0.4, -0.2) is 97.9 Å². The predicted octanol–water partition coefficient (Wildman–Crippen LogP) is 6.35. The van der Waals surface area contributed by atoms with Gasteiger partial charge in [-0.3, -0.25) is 14.5 Å². The fourth-order valence-electron chi connectivity index (χ4n) is 7.65. The molecule has 2 aliphatic rings. The van der Waals surface area contributed by atoms with Crippen molar-refractivity contribution < 1.29 is 27.3 Å². The van der Waals surface area contributed by atoms with Crippen LogP contribution >= 0.6 is 0 Å². The fourth-order valence-corrected chi connectivity index (χ4v) is 8.91. The number of carbonyl (C=O) groups is 2. The number of alkyl halides is 2. The molecule has 7 rings (SSSR count). The van der Waals surface area contributed by atoms with Gasteiger partial charge >= 0.3 is 12.6 Å². The first kappa shape index (κ1) is 39.9. The SMILES string of the molecule is CNC(=O)N(CCC=O)c1nn(C)c2cc(C3CCN(Cc4ccc(-c5cccc(S(=O)N6CCC(Nc7ncc(OC(F)F)cn7)CC6)c5)cc4)CC3)ccc12. The topological polar surface area (TPSA) is 138 Å². The first-order valence-corrected chi connectivity index (χ1v) is 20.3. The number of anilines is 2. The molecule has 300 valence electrons. The highest BCUT2D eigenvalue weighted by molar-refractivity contribution is 7.82. The number of benzene rings is 3. The molecule has 0 aliphatic carbocycles. The molecule has 1 atom stereocenters. The predicted molar refractivity (Wildman–Crippen MR) is 216 cm³/mol. The summed E-state index contributed by atoms with van der Waals surface area (Å²) in [4.78, 5) is 36.6. The second-order valence-corrected chi connectivity index (χ2v) is 15.9. The molecular formula is C41H47F2N9O4S. The monoisotopic (exact) mass is 799 g/mol. The van der Waals surface area contributed by atoms with Crippen LogP contribution in [0.2, 0.25) is 0 Å². The molecule has 2 N–H and O–H groups in total. The van der Waals surface area contributed by atoms with Gasteiger partial charge in [0.05, 0.1) is 22.8 Å². The van der Waals surface area contributed by atoms with E-state index in [1.165, 1.54) is 28.4 Å². The van der Waals surface area contributed by atoms with E-state index in [9.17, 15) is 22.6 Å². The molecule has 2 aromatic heterocycles. The molecule has 0 spiro atoms. The summed E-state index contributed by atoms with van der Waals surface area (Å²) in [5.74, 6) is 1.22. The van der Waals surface area contributed by atoms with Crippen molar-refractivity contribution in [3.05, 3.63) is 90.3 Å². The van der Waals surface area contributed by atoms with Crippen molar-refractivity contribution in [3.8, 4) is 16.9 Å². The zero-order valence-electron chi connectivity index (χ0n) is 32.0. The number of hydrogen-bond donors (Lipinski definition) is 2. The van der Waals surface area contributed by atoms with Crippen molar-refractivity contribution in [2.75, 3.05) is 50.0 Å². The minimum absolute atomic E-state index is 0.0735.